The number of hydrogen-bond acceptors (Lipinski definition) is 4. The van der Waals surface area contributed by atoms with E-state index in [9.17, 15) is 4.79 Å². The van der Waals surface area contributed by atoms with Crippen molar-refractivity contribution in [1.82, 2.24) is 14.7 Å². The molecule has 0 aliphatic carbocycles. The summed E-state index contributed by atoms with van der Waals surface area (Å²) < 4.78 is 5.79. The van der Waals surface area contributed by atoms with E-state index in [0.717, 1.165) is 70.8 Å². The third-order valence-electron chi connectivity index (χ3n) is 6.02. The number of rotatable bonds is 5. The first-order valence-corrected chi connectivity index (χ1v) is 10.2. The molecule has 2 unspecified atom stereocenters. The molecule has 5 heteroatoms. The van der Waals surface area contributed by atoms with Crippen LogP contribution >= 0.6 is 0 Å². The Balaban J connectivity index is 1.42. The lowest BCUT2D eigenvalue weighted by atomic mass is 10.0. The number of carbonyl (C=O) groups excluding carboxylic acids is 1. The lowest BCUT2D eigenvalue weighted by molar-refractivity contribution is -0.137. The molecule has 3 saturated heterocycles. The number of hydrogen-bond donors (Lipinski definition) is 0. The third kappa shape index (κ3) is 4.11. The summed E-state index contributed by atoms with van der Waals surface area (Å²) in [7, 11) is 0. The van der Waals surface area contributed by atoms with E-state index in [-0.39, 0.29) is 6.04 Å². The van der Waals surface area contributed by atoms with Crippen molar-refractivity contribution in [2.45, 2.75) is 37.8 Å². The van der Waals surface area contributed by atoms with Gasteiger partial charge in [0.2, 0.25) is 5.91 Å². The third-order valence-corrected chi connectivity index (χ3v) is 6.02. The minimum absolute atomic E-state index is 0.126. The topological polar surface area (TPSA) is 36.0 Å². The molecule has 3 heterocycles. The van der Waals surface area contributed by atoms with E-state index in [1.54, 1.807) is 0 Å². The number of amides is 1. The summed E-state index contributed by atoms with van der Waals surface area (Å²) in [5.74, 6) is 0.293. The van der Waals surface area contributed by atoms with Gasteiger partial charge in [0.25, 0.3) is 0 Å². The molecule has 3 fully saturated rings. The summed E-state index contributed by atoms with van der Waals surface area (Å²) in [5, 5.41) is 0. The van der Waals surface area contributed by atoms with Gasteiger partial charge < -0.3 is 9.64 Å². The maximum absolute atomic E-state index is 13.3. The average Bonchev–Trinajstić information content (AvgIpc) is 3.38. The first kappa shape index (κ1) is 18.0. The Morgan fingerprint density at radius 3 is 2.38 bits per heavy atom. The zero-order chi connectivity index (χ0) is 17.8. The summed E-state index contributed by atoms with van der Waals surface area (Å²) in [4.78, 5) is 20.2. The van der Waals surface area contributed by atoms with Crippen LogP contribution in [0.3, 0.4) is 0 Å². The molecular formula is C21H31N3O2. The van der Waals surface area contributed by atoms with Gasteiger partial charge in [0.05, 0.1) is 6.10 Å². The van der Waals surface area contributed by atoms with Gasteiger partial charge in [0.1, 0.15) is 6.04 Å². The molecule has 0 saturated carbocycles. The Morgan fingerprint density at radius 1 is 1.00 bits per heavy atom. The predicted octanol–water partition coefficient (Wildman–Crippen LogP) is 2.15. The van der Waals surface area contributed by atoms with Crippen LogP contribution in [0, 0.1) is 0 Å². The van der Waals surface area contributed by atoms with Gasteiger partial charge >= 0.3 is 0 Å². The first-order valence-electron chi connectivity index (χ1n) is 10.2. The van der Waals surface area contributed by atoms with Crippen LogP contribution in [0.4, 0.5) is 0 Å². The van der Waals surface area contributed by atoms with Gasteiger partial charge in [0, 0.05) is 52.4 Å². The molecule has 0 bridgehead atoms. The van der Waals surface area contributed by atoms with Crippen molar-refractivity contribution in [3.63, 3.8) is 0 Å². The molecule has 26 heavy (non-hydrogen) atoms. The summed E-state index contributed by atoms with van der Waals surface area (Å²) >= 11 is 0. The van der Waals surface area contributed by atoms with Crippen LogP contribution in [-0.4, -0.2) is 79.1 Å². The second-order valence-electron chi connectivity index (χ2n) is 7.82. The van der Waals surface area contributed by atoms with Gasteiger partial charge in [-0.2, -0.15) is 0 Å². The Morgan fingerprint density at radius 2 is 1.73 bits per heavy atom. The molecule has 0 aromatic heterocycles. The van der Waals surface area contributed by atoms with Crippen molar-refractivity contribution in [3.05, 3.63) is 35.9 Å². The van der Waals surface area contributed by atoms with Crippen molar-refractivity contribution in [2.24, 2.45) is 0 Å². The normalized spacial score (nSPS) is 26.3. The summed E-state index contributed by atoms with van der Waals surface area (Å²) in [6, 6.07) is 10.2. The van der Waals surface area contributed by atoms with Crippen LogP contribution in [0.1, 0.15) is 37.3 Å². The fraction of sp³-hybridized carbons (Fsp3) is 0.667. The number of benzene rings is 1. The lowest BCUT2D eigenvalue weighted by Gasteiger charge is -2.40. The van der Waals surface area contributed by atoms with Crippen molar-refractivity contribution in [3.8, 4) is 0 Å². The second-order valence-corrected chi connectivity index (χ2v) is 7.82. The van der Waals surface area contributed by atoms with Gasteiger partial charge in [0.15, 0.2) is 0 Å². The Hall–Kier alpha value is -1.43. The summed E-state index contributed by atoms with van der Waals surface area (Å²) in [6.45, 7) is 7.75. The van der Waals surface area contributed by atoms with Gasteiger partial charge in [-0.25, -0.2) is 0 Å². The first-order chi connectivity index (χ1) is 12.8. The number of carbonyl (C=O) groups is 1. The van der Waals surface area contributed by atoms with E-state index < -0.39 is 0 Å². The maximum Gasteiger partial charge on any atom is 0.244 e. The largest absolute Gasteiger partial charge is 0.377 e. The smallest absolute Gasteiger partial charge is 0.244 e. The zero-order valence-electron chi connectivity index (χ0n) is 15.7. The Labute approximate surface area is 156 Å². The molecule has 5 nitrogen and oxygen atoms in total. The molecule has 142 valence electrons. The summed E-state index contributed by atoms with van der Waals surface area (Å²) in [5.41, 5.74) is 1.14. The van der Waals surface area contributed by atoms with Crippen molar-refractivity contribution < 1.29 is 9.53 Å². The van der Waals surface area contributed by atoms with Crippen LogP contribution in [0.2, 0.25) is 0 Å². The molecule has 4 rings (SSSR count). The Kier molecular flexibility index (Phi) is 5.88. The molecule has 1 aromatic rings. The monoisotopic (exact) mass is 357 g/mol. The zero-order valence-corrected chi connectivity index (χ0v) is 15.7. The highest BCUT2D eigenvalue weighted by Crippen LogP contribution is 2.26. The molecule has 0 spiro atoms. The quantitative estimate of drug-likeness (QED) is 0.809. The standard InChI is InChI=1S/C21H31N3O2/c25-21(24-10-4-5-11-24)20(18-7-2-1-3-8-18)23-14-12-22(13-15-23)17-19-9-6-16-26-19/h1-3,7-8,19-20H,4-6,9-17H2. The van der Waals surface area contributed by atoms with Gasteiger partial charge in [-0.05, 0) is 31.2 Å². The number of piperazine rings is 1. The van der Waals surface area contributed by atoms with E-state index in [2.05, 4.69) is 26.8 Å². The molecule has 0 radical (unpaired) electrons. The van der Waals surface area contributed by atoms with Gasteiger partial charge in [-0.3, -0.25) is 14.6 Å². The van der Waals surface area contributed by atoms with Crippen LogP contribution in [0.5, 0.6) is 0 Å². The van der Waals surface area contributed by atoms with Crippen molar-refractivity contribution in [2.75, 3.05) is 52.4 Å². The van der Waals surface area contributed by atoms with Crippen LogP contribution in [0.25, 0.3) is 0 Å². The van der Waals surface area contributed by atoms with E-state index in [0.29, 0.717) is 12.0 Å². The SMILES string of the molecule is O=C(C(c1ccccc1)N1CCN(CC2CCCO2)CC1)N1CCCC1. The number of ether oxygens (including phenoxy) is 1. The minimum Gasteiger partial charge on any atom is -0.377 e. The fourth-order valence-electron chi connectivity index (χ4n) is 4.54. The Bertz CT molecular complexity index is 574. The highest BCUT2D eigenvalue weighted by atomic mass is 16.5. The summed E-state index contributed by atoms with van der Waals surface area (Å²) in [6.07, 6.45) is 5.09. The van der Waals surface area contributed by atoms with E-state index in [4.69, 9.17) is 4.74 Å². The number of likely N-dealkylation sites (tertiary alicyclic amines) is 1. The average molecular weight is 357 g/mol. The van der Waals surface area contributed by atoms with Crippen molar-refractivity contribution >= 4 is 5.91 Å². The molecule has 0 N–H and O–H groups in total. The second kappa shape index (κ2) is 8.51. The van der Waals surface area contributed by atoms with E-state index in [1.165, 1.54) is 12.8 Å². The fourth-order valence-corrected chi connectivity index (χ4v) is 4.54. The molecule has 1 amide bonds. The van der Waals surface area contributed by atoms with Gasteiger partial charge in [-0.15, -0.1) is 0 Å². The highest BCUT2D eigenvalue weighted by molar-refractivity contribution is 5.83. The molecular weight excluding hydrogens is 326 g/mol. The van der Waals surface area contributed by atoms with Gasteiger partial charge in [-0.1, -0.05) is 30.3 Å². The maximum atomic E-state index is 13.3. The van der Waals surface area contributed by atoms with E-state index >= 15 is 0 Å². The van der Waals surface area contributed by atoms with E-state index in [1.807, 2.05) is 18.2 Å². The molecule has 2 atom stereocenters. The molecule has 3 aliphatic heterocycles. The van der Waals surface area contributed by atoms with Crippen LogP contribution in [-0.2, 0) is 9.53 Å². The van der Waals surface area contributed by atoms with Crippen LogP contribution < -0.4 is 0 Å². The highest BCUT2D eigenvalue weighted by Gasteiger charge is 2.34. The molecule has 1 aromatic carbocycles. The molecule has 3 aliphatic rings. The van der Waals surface area contributed by atoms with Crippen LogP contribution in [0.15, 0.2) is 30.3 Å². The predicted molar refractivity (Wildman–Crippen MR) is 102 cm³/mol. The number of nitrogens with zero attached hydrogens (tertiary/aromatic N) is 3. The lowest BCUT2D eigenvalue weighted by Crippen LogP contribution is -2.52. The van der Waals surface area contributed by atoms with Crippen molar-refractivity contribution in [1.29, 1.82) is 0 Å². The minimum atomic E-state index is -0.126.